The zero-order chi connectivity index (χ0) is 15.1. The molecule has 0 saturated carbocycles. The third-order valence-electron chi connectivity index (χ3n) is 3.25. The number of halogens is 1. The van der Waals surface area contributed by atoms with Crippen molar-refractivity contribution in [2.45, 2.75) is 19.9 Å². The number of aromatic nitrogens is 1. The Morgan fingerprint density at radius 2 is 1.91 bits per heavy atom. The molecule has 0 radical (unpaired) electrons. The number of para-hydroxylation sites is 1. The van der Waals surface area contributed by atoms with E-state index in [1.165, 1.54) is 6.07 Å². The highest BCUT2D eigenvalue weighted by molar-refractivity contribution is 5.85. The Morgan fingerprint density at radius 1 is 1.14 bits per heavy atom. The van der Waals surface area contributed by atoms with Crippen molar-refractivity contribution >= 4 is 29.2 Å². The fourth-order valence-electron chi connectivity index (χ4n) is 2.20. The Kier molecular flexibility index (Phi) is 7.63. The minimum absolute atomic E-state index is 0. The molecule has 0 unspecified atom stereocenters. The molecule has 22 heavy (non-hydrogen) atoms. The van der Waals surface area contributed by atoms with Crippen LogP contribution in [0.1, 0.15) is 13.3 Å². The summed E-state index contributed by atoms with van der Waals surface area (Å²) >= 11 is 0. The second kappa shape index (κ2) is 9.23. The smallest absolute Gasteiger partial charge is 0.239 e. The Balaban J connectivity index is 0.00000242. The van der Waals surface area contributed by atoms with Crippen molar-refractivity contribution in [3.05, 3.63) is 46.8 Å². The highest BCUT2D eigenvalue weighted by Crippen LogP contribution is 2.08. The average molecular weight is 324 g/mol. The molecule has 6 heteroatoms. The molecule has 2 aromatic rings. The van der Waals surface area contributed by atoms with Crippen LogP contribution in [-0.2, 0) is 11.3 Å². The van der Waals surface area contributed by atoms with Crippen LogP contribution in [0, 0.1) is 0 Å². The van der Waals surface area contributed by atoms with E-state index in [2.05, 4.69) is 17.6 Å². The summed E-state index contributed by atoms with van der Waals surface area (Å²) in [5, 5.41) is 6.73. The van der Waals surface area contributed by atoms with Crippen LogP contribution >= 0.6 is 12.4 Å². The molecule has 0 spiro atoms. The lowest BCUT2D eigenvalue weighted by Gasteiger charge is -2.11. The number of rotatable bonds is 7. The van der Waals surface area contributed by atoms with Crippen molar-refractivity contribution in [2.75, 3.05) is 19.6 Å². The van der Waals surface area contributed by atoms with Gasteiger partial charge in [0.05, 0.1) is 5.52 Å². The van der Waals surface area contributed by atoms with Gasteiger partial charge in [0, 0.05) is 30.7 Å². The molecule has 1 aromatic heterocycles. The van der Waals surface area contributed by atoms with E-state index < -0.39 is 0 Å². The number of nitrogens with zero attached hydrogens (tertiary/aromatic N) is 1. The average Bonchev–Trinajstić information content (AvgIpc) is 2.50. The van der Waals surface area contributed by atoms with Gasteiger partial charge in [0.25, 0.3) is 0 Å². The summed E-state index contributed by atoms with van der Waals surface area (Å²) in [6.45, 7) is 4.66. The van der Waals surface area contributed by atoms with E-state index >= 15 is 0 Å². The minimum atomic E-state index is -0.0536. The second-order valence-electron chi connectivity index (χ2n) is 4.92. The lowest BCUT2D eigenvalue weighted by Crippen LogP contribution is -2.34. The molecule has 0 saturated heterocycles. The first-order valence-electron chi connectivity index (χ1n) is 7.28. The van der Waals surface area contributed by atoms with Crippen LogP contribution in [0.3, 0.4) is 0 Å². The van der Waals surface area contributed by atoms with E-state index in [4.69, 9.17) is 0 Å². The summed E-state index contributed by atoms with van der Waals surface area (Å²) in [6, 6.07) is 8.82. The van der Waals surface area contributed by atoms with Crippen molar-refractivity contribution in [2.24, 2.45) is 0 Å². The van der Waals surface area contributed by atoms with E-state index in [0.717, 1.165) is 25.0 Å². The van der Waals surface area contributed by atoms with E-state index in [1.54, 1.807) is 16.8 Å². The highest BCUT2D eigenvalue weighted by Gasteiger charge is 2.06. The molecule has 0 aliphatic heterocycles. The number of carbonyl (C=O) groups excluding carboxylic acids is 1. The Bertz CT molecular complexity index is 670. The molecule has 5 nitrogen and oxygen atoms in total. The van der Waals surface area contributed by atoms with Crippen molar-refractivity contribution in [1.29, 1.82) is 0 Å². The number of fused-ring (bicyclic) bond motifs is 1. The van der Waals surface area contributed by atoms with E-state index in [0.29, 0.717) is 11.9 Å². The lowest BCUT2D eigenvalue weighted by atomic mass is 10.2. The largest absolute Gasteiger partial charge is 0.353 e. The molecular formula is C16H22ClN3O2. The van der Waals surface area contributed by atoms with Gasteiger partial charge in [-0.25, -0.2) is 0 Å². The summed E-state index contributed by atoms with van der Waals surface area (Å²) < 4.78 is 1.80. The molecule has 0 bridgehead atoms. The number of benzene rings is 1. The van der Waals surface area contributed by atoms with Gasteiger partial charge in [-0.2, -0.15) is 0 Å². The SMILES string of the molecule is CCCNCCNC(=O)Cn1ccc(=O)c2ccccc21.Cl. The highest BCUT2D eigenvalue weighted by atomic mass is 35.5. The summed E-state index contributed by atoms with van der Waals surface area (Å²) in [5.41, 5.74) is 0.760. The van der Waals surface area contributed by atoms with Crippen LogP contribution in [0.15, 0.2) is 41.3 Å². The Hall–Kier alpha value is -1.85. The zero-order valence-corrected chi connectivity index (χ0v) is 13.5. The third-order valence-corrected chi connectivity index (χ3v) is 3.25. The van der Waals surface area contributed by atoms with Crippen molar-refractivity contribution in [1.82, 2.24) is 15.2 Å². The fraction of sp³-hybridized carbons (Fsp3) is 0.375. The van der Waals surface area contributed by atoms with Gasteiger partial charge in [0.2, 0.25) is 5.91 Å². The van der Waals surface area contributed by atoms with Crippen molar-refractivity contribution in [3.63, 3.8) is 0 Å². The number of pyridine rings is 1. The fourth-order valence-corrected chi connectivity index (χ4v) is 2.20. The summed E-state index contributed by atoms with van der Waals surface area (Å²) in [6.07, 6.45) is 2.75. The molecule has 120 valence electrons. The molecular weight excluding hydrogens is 302 g/mol. The molecule has 1 amide bonds. The summed E-state index contributed by atoms with van der Waals surface area (Å²) in [5.74, 6) is -0.0536. The summed E-state index contributed by atoms with van der Waals surface area (Å²) in [7, 11) is 0. The van der Waals surface area contributed by atoms with Gasteiger partial charge in [-0.3, -0.25) is 9.59 Å². The van der Waals surface area contributed by atoms with Crippen LogP contribution in [0.5, 0.6) is 0 Å². The summed E-state index contributed by atoms with van der Waals surface area (Å²) in [4.78, 5) is 23.7. The van der Waals surface area contributed by atoms with Crippen molar-refractivity contribution in [3.8, 4) is 0 Å². The van der Waals surface area contributed by atoms with Crippen LogP contribution < -0.4 is 16.1 Å². The van der Waals surface area contributed by atoms with E-state index in [1.807, 2.05) is 18.2 Å². The quantitative estimate of drug-likeness (QED) is 0.760. The van der Waals surface area contributed by atoms with Gasteiger partial charge in [-0.1, -0.05) is 19.1 Å². The molecule has 2 rings (SSSR count). The van der Waals surface area contributed by atoms with Crippen LogP contribution in [-0.4, -0.2) is 30.1 Å². The van der Waals surface area contributed by atoms with Crippen LogP contribution in [0.25, 0.3) is 10.9 Å². The van der Waals surface area contributed by atoms with Gasteiger partial charge in [-0.15, -0.1) is 12.4 Å². The predicted molar refractivity (Wildman–Crippen MR) is 91.6 cm³/mol. The number of carbonyl (C=O) groups is 1. The number of amides is 1. The van der Waals surface area contributed by atoms with Gasteiger partial charge >= 0.3 is 0 Å². The first-order valence-corrected chi connectivity index (χ1v) is 7.28. The van der Waals surface area contributed by atoms with Gasteiger partial charge in [-0.05, 0) is 25.1 Å². The first-order chi connectivity index (χ1) is 10.2. The predicted octanol–water partition coefficient (Wildman–Crippen LogP) is 1.54. The van der Waals surface area contributed by atoms with Crippen LogP contribution in [0.2, 0.25) is 0 Å². The number of hydrogen-bond donors (Lipinski definition) is 2. The van der Waals surface area contributed by atoms with Crippen LogP contribution in [0.4, 0.5) is 0 Å². The van der Waals surface area contributed by atoms with Gasteiger partial charge in [0.1, 0.15) is 6.54 Å². The maximum atomic E-state index is 11.9. The van der Waals surface area contributed by atoms with Gasteiger partial charge in [0.15, 0.2) is 5.43 Å². The van der Waals surface area contributed by atoms with E-state index in [9.17, 15) is 9.59 Å². The monoisotopic (exact) mass is 323 g/mol. The molecule has 0 fully saturated rings. The topological polar surface area (TPSA) is 63.1 Å². The standard InChI is InChI=1S/C16H21N3O2.ClH/c1-2-8-17-9-10-18-16(21)12-19-11-7-15(20)13-5-3-4-6-14(13)19;/h3-7,11,17H,2,8-10,12H2,1H3,(H,18,21);1H. The minimum Gasteiger partial charge on any atom is -0.353 e. The molecule has 0 atom stereocenters. The van der Waals surface area contributed by atoms with Gasteiger partial charge < -0.3 is 15.2 Å². The zero-order valence-electron chi connectivity index (χ0n) is 12.7. The molecule has 1 heterocycles. The third kappa shape index (κ3) is 4.86. The molecule has 1 aromatic carbocycles. The Labute approximate surface area is 136 Å². The first kappa shape index (κ1) is 18.2. The van der Waals surface area contributed by atoms with Crippen molar-refractivity contribution < 1.29 is 4.79 Å². The Morgan fingerprint density at radius 3 is 2.68 bits per heavy atom. The van der Waals surface area contributed by atoms with E-state index in [-0.39, 0.29) is 30.3 Å². The molecule has 0 aliphatic rings. The normalized spacial score (nSPS) is 10.2. The maximum Gasteiger partial charge on any atom is 0.239 e. The second-order valence-corrected chi connectivity index (χ2v) is 4.92. The number of hydrogen-bond acceptors (Lipinski definition) is 3. The maximum absolute atomic E-state index is 11.9. The molecule has 0 aliphatic carbocycles. The molecule has 2 N–H and O–H groups in total. The lowest BCUT2D eigenvalue weighted by molar-refractivity contribution is -0.121. The number of nitrogens with one attached hydrogen (secondary N) is 2.